The van der Waals surface area contributed by atoms with E-state index in [-0.39, 0.29) is 0 Å². The molecule has 2 rings (SSSR count). The zero-order valence-corrected chi connectivity index (χ0v) is 10.7. The fourth-order valence-corrected chi connectivity index (χ4v) is 2.20. The van der Waals surface area contributed by atoms with Gasteiger partial charge in [-0.3, -0.25) is 0 Å². The summed E-state index contributed by atoms with van der Waals surface area (Å²) in [5.74, 6) is 0.893. The second kappa shape index (κ2) is 3.32. The molecule has 0 unspecified atom stereocenters. The molecule has 0 saturated carbocycles. The van der Waals surface area contributed by atoms with Gasteiger partial charge in [-0.05, 0) is 41.9 Å². The van der Waals surface area contributed by atoms with E-state index in [0.29, 0.717) is 0 Å². The number of hydrogen-bond donors (Lipinski definition) is 1. The zero-order valence-electron chi connectivity index (χ0n) is 9.08. The molecule has 0 saturated heterocycles. The minimum atomic E-state index is -0.423. The number of aromatic nitrogens is 2. The van der Waals surface area contributed by atoms with Gasteiger partial charge in [-0.25, -0.2) is 4.98 Å². The summed E-state index contributed by atoms with van der Waals surface area (Å²) in [6, 6.07) is 6.03. The van der Waals surface area contributed by atoms with Gasteiger partial charge in [0.15, 0.2) is 0 Å². The van der Waals surface area contributed by atoms with Crippen LogP contribution in [0.3, 0.4) is 0 Å². The van der Waals surface area contributed by atoms with Crippen LogP contribution < -0.4 is 5.73 Å². The molecule has 0 spiro atoms. The third kappa shape index (κ3) is 1.68. The van der Waals surface area contributed by atoms with Crippen LogP contribution in [0.5, 0.6) is 0 Å². The maximum absolute atomic E-state index is 6.07. The maximum Gasteiger partial charge on any atom is 0.129 e. The van der Waals surface area contributed by atoms with Crippen LogP contribution in [0.1, 0.15) is 19.7 Å². The first-order valence-corrected chi connectivity index (χ1v) is 5.61. The first-order valence-electron chi connectivity index (χ1n) is 4.81. The SMILES string of the molecule is Cn1c(C(C)(C)N)nc2c(Br)cccc21. The molecule has 2 aromatic rings. The molecule has 0 amide bonds. The fraction of sp³-hybridized carbons (Fsp3) is 0.364. The predicted molar refractivity (Wildman–Crippen MR) is 65.6 cm³/mol. The minimum Gasteiger partial charge on any atom is -0.330 e. The van der Waals surface area contributed by atoms with E-state index in [1.54, 1.807) is 0 Å². The lowest BCUT2D eigenvalue weighted by Crippen LogP contribution is -2.32. The van der Waals surface area contributed by atoms with Gasteiger partial charge in [0.1, 0.15) is 11.3 Å². The Balaban J connectivity index is 2.81. The van der Waals surface area contributed by atoms with Crippen LogP contribution in [0.4, 0.5) is 0 Å². The van der Waals surface area contributed by atoms with Gasteiger partial charge >= 0.3 is 0 Å². The van der Waals surface area contributed by atoms with Gasteiger partial charge in [-0.15, -0.1) is 0 Å². The molecule has 0 aliphatic carbocycles. The molecule has 0 bridgehead atoms. The van der Waals surface area contributed by atoms with E-state index in [0.717, 1.165) is 21.3 Å². The molecule has 1 heterocycles. The van der Waals surface area contributed by atoms with Crippen molar-refractivity contribution in [1.29, 1.82) is 0 Å². The molecule has 0 atom stereocenters. The molecule has 0 aliphatic heterocycles. The Morgan fingerprint density at radius 3 is 2.60 bits per heavy atom. The average molecular weight is 268 g/mol. The van der Waals surface area contributed by atoms with Crippen molar-refractivity contribution >= 4 is 27.0 Å². The van der Waals surface area contributed by atoms with Crippen LogP contribution in [0, 0.1) is 0 Å². The number of halogens is 1. The summed E-state index contributed by atoms with van der Waals surface area (Å²) in [4.78, 5) is 4.57. The van der Waals surface area contributed by atoms with Gasteiger partial charge < -0.3 is 10.3 Å². The predicted octanol–water partition coefficient (Wildman–Crippen LogP) is 2.53. The molecular weight excluding hydrogens is 254 g/mol. The van der Waals surface area contributed by atoms with Crippen LogP contribution in [0.15, 0.2) is 22.7 Å². The maximum atomic E-state index is 6.07. The second-order valence-electron chi connectivity index (χ2n) is 4.32. The van der Waals surface area contributed by atoms with Crippen LogP contribution in [0.25, 0.3) is 11.0 Å². The highest BCUT2D eigenvalue weighted by atomic mass is 79.9. The summed E-state index contributed by atoms with van der Waals surface area (Å²) in [5.41, 5.74) is 7.71. The normalized spacial score (nSPS) is 12.3. The molecule has 2 N–H and O–H groups in total. The van der Waals surface area contributed by atoms with Crippen molar-refractivity contribution in [1.82, 2.24) is 9.55 Å². The number of fused-ring (bicyclic) bond motifs is 1. The van der Waals surface area contributed by atoms with Crippen LogP contribution >= 0.6 is 15.9 Å². The quantitative estimate of drug-likeness (QED) is 0.863. The van der Waals surface area contributed by atoms with Crippen molar-refractivity contribution in [2.24, 2.45) is 12.8 Å². The zero-order chi connectivity index (χ0) is 11.2. The Labute approximate surface area is 97.4 Å². The van der Waals surface area contributed by atoms with Gasteiger partial charge in [-0.2, -0.15) is 0 Å². The Morgan fingerprint density at radius 2 is 2.07 bits per heavy atom. The van der Waals surface area contributed by atoms with E-state index in [1.165, 1.54) is 0 Å². The summed E-state index contributed by atoms with van der Waals surface area (Å²) >= 11 is 3.49. The van der Waals surface area contributed by atoms with Crippen LogP contribution in [0.2, 0.25) is 0 Å². The van der Waals surface area contributed by atoms with Gasteiger partial charge in [0, 0.05) is 11.5 Å². The first-order chi connectivity index (χ1) is 6.91. The second-order valence-corrected chi connectivity index (χ2v) is 5.18. The Bertz CT molecular complexity index is 508. The third-order valence-electron chi connectivity index (χ3n) is 2.44. The number of para-hydroxylation sites is 1. The summed E-state index contributed by atoms with van der Waals surface area (Å²) < 4.78 is 3.05. The number of aryl methyl sites for hydroxylation is 1. The van der Waals surface area contributed by atoms with E-state index in [2.05, 4.69) is 20.9 Å². The van der Waals surface area contributed by atoms with Crippen molar-refractivity contribution in [3.63, 3.8) is 0 Å². The molecule has 0 radical (unpaired) electrons. The van der Waals surface area contributed by atoms with E-state index < -0.39 is 5.54 Å². The number of rotatable bonds is 1. The molecule has 3 nitrogen and oxygen atoms in total. The Kier molecular flexibility index (Phi) is 2.35. The lowest BCUT2D eigenvalue weighted by Gasteiger charge is -2.17. The Hall–Kier alpha value is -0.870. The highest BCUT2D eigenvalue weighted by Crippen LogP contribution is 2.26. The molecule has 4 heteroatoms. The molecular formula is C11H14BrN3. The van der Waals surface area contributed by atoms with Crippen molar-refractivity contribution in [3.05, 3.63) is 28.5 Å². The number of hydrogen-bond acceptors (Lipinski definition) is 2. The third-order valence-corrected chi connectivity index (χ3v) is 3.08. The summed E-state index contributed by atoms with van der Waals surface area (Å²) in [6.07, 6.45) is 0. The van der Waals surface area contributed by atoms with Crippen molar-refractivity contribution in [3.8, 4) is 0 Å². The summed E-state index contributed by atoms with van der Waals surface area (Å²) in [7, 11) is 1.99. The lowest BCUT2D eigenvalue weighted by molar-refractivity contribution is 0.498. The fourth-order valence-electron chi connectivity index (χ4n) is 1.76. The van der Waals surface area contributed by atoms with Gasteiger partial charge in [-0.1, -0.05) is 6.07 Å². The first kappa shape index (κ1) is 10.6. The van der Waals surface area contributed by atoms with Gasteiger partial charge in [0.05, 0.1) is 11.1 Å². The molecule has 1 aromatic carbocycles. The number of imidazole rings is 1. The Morgan fingerprint density at radius 1 is 1.40 bits per heavy atom. The number of nitrogens with two attached hydrogens (primary N) is 1. The monoisotopic (exact) mass is 267 g/mol. The van der Waals surface area contributed by atoms with E-state index in [4.69, 9.17) is 5.73 Å². The number of nitrogens with zero attached hydrogens (tertiary/aromatic N) is 2. The van der Waals surface area contributed by atoms with E-state index in [9.17, 15) is 0 Å². The van der Waals surface area contributed by atoms with Crippen LogP contribution in [-0.4, -0.2) is 9.55 Å². The van der Waals surface area contributed by atoms with Gasteiger partial charge in [0.2, 0.25) is 0 Å². The van der Waals surface area contributed by atoms with E-state index >= 15 is 0 Å². The van der Waals surface area contributed by atoms with Gasteiger partial charge in [0.25, 0.3) is 0 Å². The largest absolute Gasteiger partial charge is 0.330 e. The van der Waals surface area contributed by atoms with Crippen molar-refractivity contribution in [2.45, 2.75) is 19.4 Å². The van der Waals surface area contributed by atoms with Crippen LogP contribution in [-0.2, 0) is 12.6 Å². The molecule has 15 heavy (non-hydrogen) atoms. The molecule has 1 aromatic heterocycles. The highest BCUT2D eigenvalue weighted by molar-refractivity contribution is 9.10. The summed E-state index contributed by atoms with van der Waals surface area (Å²) in [6.45, 7) is 3.92. The minimum absolute atomic E-state index is 0.423. The van der Waals surface area contributed by atoms with Crippen molar-refractivity contribution < 1.29 is 0 Å². The molecule has 0 fully saturated rings. The number of benzene rings is 1. The smallest absolute Gasteiger partial charge is 0.129 e. The van der Waals surface area contributed by atoms with E-state index in [1.807, 2.05) is 43.7 Å². The molecule has 0 aliphatic rings. The highest BCUT2D eigenvalue weighted by Gasteiger charge is 2.22. The lowest BCUT2D eigenvalue weighted by atomic mass is 10.1. The van der Waals surface area contributed by atoms with Crippen molar-refractivity contribution in [2.75, 3.05) is 0 Å². The summed E-state index contributed by atoms with van der Waals surface area (Å²) in [5, 5.41) is 0. The topological polar surface area (TPSA) is 43.8 Å². The standard InChI is InChI=1S/C11H14BrN3/c1-11(2,13)10-14-9-7(12)5-4-6-8(9)15(10)3/h4-6H,13H2,1-3H3. The average Bonchev–Trinajstić information content (AvgIpc) is 2.45. The molecule has 80 valence electrons.